The Hall–Kier alpha value is -2.84. The van der Waals surface area contributed by atoms with Crippen LogP contribution < -0.4 is 11.1 Å². The quantitative estimate of drug-likeness (QED) is 0.727. The molecule has 0 unspecified atom stereocenters. The lowest BCUT2D eigenvalue weighted by Crippen LogP contribution is -2.14. The molecule has 0 saturated carbocycles. The summed E-state index contributed by atoms with van der Waals surface area (Å²) in [7, 11) is 0. The highest BCUT2D eigenvalue weighted by Gasteiger charge is 2.14. The van der Waals surface area contributed by atoms with Crippen LogP contribution in [0.2, 0.25) is 0 Å². The molecule has 0 aliphatic carbocycles. The van der Waals surface area contributed by atoms with Gasteiger partial charge in [0, 0.05) is 24.0 Å². The third-order valence-corrected chi connectivity index (χ3v) is 5.13. The zero-order chi connectivity index (χ0) is 19.2. The molecule has 0 amide bonds. The van der Waals surface area contributed by atoms with Crippen LogP contribution in [0.15, 0.2) is 85.1 Å². The van der Waals surface area contributed by atoms with Crippen LogP contribution in [0, 0.1) is 0 Å². The molecule has 1 aliphatic heterocycles. The topological polar surface area (TPSA) is 38.0 Å². The van der Waals surface area contributed by atoms with Crippen molar-refractivity contribution in [2.45, 2.75) is 32.7 Å². The average Bonchev–Trinajstić information content (AvgIpc) is 2.72. The van der Waals surface area contributed by atoms with Gasteiger partial charge in [-0.05, 0) is 64.8 Å². The van der Waals surface area contributed by atoms with Gasteiger partial charge in [-0.2, -0.15) is 0 Å². The third-order valence-electron chi connectivity index (χ3n) is 5.13. The molecule has 0 fully saturated rings. The molecule has 138 valence electrons. The molecule has 3 rings (SSSR count). The summed E-state index contributed by atoms with van der Waals surface area (Å²) in [5.74, 6) is 0. The molecule has 0 bridgehead atoms. The van der Waals surface area contributed by atoms with E-state index in [0.717, 1.165) is 41.7 Å². The molecular weight excluding hydrogens is 328 g/mol. The van der Waals surface area contributed by atoms with E-state index in [2.05, 4.69) is 73.9 Å². The third kappa shape index (κ3) is 4.29. The van der Waals surface area contributed by atoms with Crippen LogP contribution >= 0.6 is 0 Å². The van der Waals surface area contributed by atoms with Gasteiger partial charge < -0.3 is 11.1 Å². The van der Waals surface area contributed by atoms with Crippen molar-refractivity contribution in [2.75, 3.05) is 0 Å². The molecule has 0 aromatic heterocycles. The minimum absolute atomic E-state index is 0.515. The Bertz CT molecular complexity index is 901. The molecule has 2 heteroatoms. The first kappa shape index (κ1) is 18.9. The van der Waals surface area contributed by atoms with Crippen LogP contribution in [0.4, 0.5) is 0 Å². The lowest BCUT2D eigenvalue weighted by Gasteiger charge is -2.21. The normalized spacial score (nSPS) is 13.6. The molecule has 2 nitrogen and oxygen atoms in total. The summed E-state index contributed by atoms with van der Waals surface area (Å²) in [6, 6.07) is 15.2. The average molecular weight is 357 g/mol. The van der Waals surface area contributed by atoms with Gasteiger partial charge in [-0.1, -0.05) is 62.6 Å². The number of allylic oxidation sites excluding steroid dienone is 4. The number of rotatable bonds is 7. The molecule has 1 heterocycles. The van der Waals surface area contributed by atoms with Crippen LogP contribution in [-0.4, -0.2) is 0 Å². The van der Waals surface area contributed by atoms with Crippen molar-refractivity contribution in [1.82, 2.24) is 5.32 Å². The Morgan fingerprint density at radius 1 is 1.04 bits per heavy atom. The Morgan fingerprint density at radius 2 is 1.81 bits per heavy atom. The Kier molecular flexibility index (Phi) is 6.10. The summed E-state index contributed by atoms with van der Waals surface area (Å²) < 4.78 is 0. The fourth-order valence-corrected chi connectivity index (χ4v) is 3.54. The highest BCUT2D eigenvalue weighted by Crippen LogP contribution is 2.28. The zero-order valence-corrected chi connectivity index (χ0v) is 16.1. The Balaban J connectivity index is 1.91. The second-order valence-corrected chi connectivity index (χ2v) is 6.85. The van der Waals surface area contributed by atoms with Gasteiger partial charge in [0.1, 0.15) is 0 Å². The van der Waals surface area contributed by atoms with Gasteiger partial charge in [0.15, 0.2) is 0 Å². The van der Waals surface area contributed by atoms with E-state index < -0.39 is 0 Å². The summed E-state index contributed by atoms with van der Waals surface area (Å²) in [6.45, 7) is 10.7. The smallest absolute Gasteiger partial charge is 0.0462 e. The second kappa shape index (κ2) is 8.70. The summed E-state index contributed by atoms with van der Waals surface area (Å²) in [5.41, 5.74) is 15.6. The van der Waals surface area contributed by atoms with E-state index in [0.29, 0.717) is 6.54 Å². The number of nitrogens with one attached hydrogen (secondary N) is 1. The number of dihydropyridines is 1. The van der Waals surface area contributed by atoms with Crippen LogP contribution in [0.3, 0.4) is 0 Å². The lowest BCUT2D eigenvalue weighted by molar-refractivity contribution is 0.917. The molecule has 1 aliphatic rings. The van der Waals surface area contributed by atoms with Crippen LogP contribution in [-0.2, 0) is 25.8 Å². The maximum absolute atomic E-state index is 6.10. The van der Waals surface area contributed by atoms with Gasteiger partial charge in [0.05, 0.1) is 0 Å². The van der Waals surface area contributed by atoms with E-state index in [1.807, 2.05) is 12.3 Å². The van der Waals surface area contributed by atoms with E-state index in [1.54, 1.807) is 0 Å². The minimum Gasteiger partial charge on any atom is -0.361 e. The Morgan fingerprint density at radius 3 is 2.44 bits per heavy atom. The van der Waals surface area contributed by atoms with Crippen LogP contribution in [0.5, 0.6) is 0 Å². The fourth-order valence-electron chi connectivity index (χ4n) is 3.54. The van der Waals surface area contributed by atoms with Gasteiger partial charge in [-0.15, -0.1) is 0 Å². The number of aryl methyl sites for hydroxylation is 3. The van der Waals surface area contributed by atoms with E-state index >= 15 is 0 Å². The second-order valence-electron chi connectivity index (χ2n) is 6.85. The van der Waals surface area contributed by atoms with Crippen molar-refractivity contribution >= 4 is 5.70 Å². The van der Waals surface area contributed by atoms with Crippen LogP contribution in [0.25, 0.3) is 5.70 Å². The maximum atomic E-state index is 6.10. The SMILES string of the molecule is C=CC1=CNC(c2cc(CC)c(CCc3ccccc3)cc2CN)=CC1=C. The first-order valence-electron chi connectivity index (χ1n) is 9.55. The number of nitrogens with two attached hydrogens (primary N) is 1. The standard InChI is InChI=1S/C25H28N2/c1-4-20-15-24(25-13-18(3)21(5-2)17-27-25)23(16-26)14-22(20)12-11-19-9-7-6-8-10-19/h5-10,13-15,17,27H,2-4,11-12,16,26H2,1H3. The van der Waals surface area contributed by atoms with Gasteiger partial charge in [-0.25, -0.2) is 0 Å². The van der Waals surface area contributed by atoms with Gasteiger partial charge in [0.25, 0.3) is 0 Å². The highest BCUT2D eigenvalue weighted by atomic mass is 14.9. The van der Waals surface area contributed by atoms with E-state index in [9.17, 15) is 0 Å². The van der Waals surface area contributed by atoms with E-state index in [4.69, 9.17) is 5.73 Å². The zero-order valence-electron chi connectivity index (χ0n) is 16.1. The molecule has 0 atom stereocenters. The first-order chi connectivity index (χ1) is 13.2. The van der Waals surface area contributed by atoms with E-state index in [-0.39, 0.29) is 0 Å². The predicted octanol–water partition coefficient (Wildman–Crippen LogP) is 5.06. The predicted molar refractivity (Wildman–Crippen MR) is 116 cm³/mol. The minimum atomic E-state index is 0.515. The number of hydrogen-bond donors (Lipinski definition) is 2. The molecule has 3 N–H and O–H groups in total. The number of hydrogen-bond acceptors (Lipinski definition) is 2. The molecule has 2 aromatic rings. The maximum Gasteiger partial charge on any atom is 0.0462 e. The number of benzene rings is 2. The highest BCUT2D eigenvalue weighted by molar-refractivity contribution is 5.75. The molecule has 27 heavy (non-hydrogen) atoms. The molecule has 0 radical (unpaired) electrons. The lowest BCUT2D eigenvalue weighted by atomic mass is 9.90. The summed E-state index contributed by atoms with van der Waals surface area (Å²) in [5, 5.41) is 3.38. The largest absolute Gasteiger partial charge is 0.361 e. The van der Waals surface area contributed by atoms with Crippen molar-refractivity contribution in [3.63, 3.8) is 0 Å². The van der Waals surface area contributed by atoms with Gasteiger partial charge in [0.2, 0.25) is 0 Å². The van der Waals surface area contributed by atoms with Crippen molar-refractivity contribution in [2.24, 2.45) is 5.73 Å². The van der Waals surface area contributed by atoms with E-state index in [1.165, 1.54) is 22.3 Å². The molecule has 2 aromatic carbocycles. The van der Waals surface area contributed by atoms with Crippen molar-refractivity contribution in [3.05, 3.63) is 113 Å². The summed E-state index contributed by atoms with van der Waals surface area (Å²) in [6.07, 6.45) is 8.93. The molecule has 0 spiro atoms. The van der Waals surface area contributed by atoms with Crippen molar-refractivity contribution in [1.29, 1.82) is 0 Å². The summed E-state index contributed by atoms with van der Waals surface area (Å²) >= 11 is 0. The Labute approximate surface area is 162 Å². The van der Waals surface area contributed by atoms with Gasteiger partial charge >= 0.3 is 0 Å². The monoisotopic (exact) mass is 356 g/mol. The molecule has 0 saturated heterocycles. The van der Waals surface area contributed by atoms with Gasteiger partial charge in [-0.3, -0.25) is 0 Å². The fraction of sp³-hybridized carbons (Fsp3) is 0.200. The first-order valence-corrected chi connectivity index (χ1v) is 9.55. The molecular formula is C25H28N2. The van der Waals surface area contributed by atoms with Crippen LogP contribution in [0.1, 0.15) is 34.7 Å². The van der Waals surface area contributed by atoms with Crippen molar-refractivity contribution < 1.29 is 0 Å². The summed E-state index contributed by atoms with van der Waals surface area (Å²) in [4.78, 5) is 0. The van der Waals surface area contributed by atoms with Crippen molar-refractivity contribution in [3.8, 4) is 0 Å².